The number of carbonyl (C=O) groups excluding carboxylic acids is 1. The maximum absolute atomic E-state index is 12.4. The van der Waals surface area contributed by atoms with Gasteiger partial charge in [-0.1, -0.05) is 0 Å². The molecule has 0 aliphatic rings. The maximum atomic E-state index is 12.4. The van der Waals surface area contributed by atoms with Crippen LogP contribution in [0.25, 0.3) is 10.2 Å². The number of thiazole rings is 1. The molecule has 2 amide bonds. The van der Waals surface area contributed by atoms with Crippen molar-refractivity contribution < 1.29 is 9.53 Å². The van der Waals surface area contributed by atoms with Crippen molar-refractivity contribution in [1.29, 1.82) is 0 Å². The standard InChI is InChI=1S/C17H17N3O2S/c1-11-18-15-10-12(4-9-16(15)23-11)19-17(21)20(2)13-5-7-14(22-3)8-6-13/h4-10H,1-3H3,(H,19,21). The van der Waals surface area contributed by atoms with Crippen LogP contribution in [0.1, 0.15) is 5.01 Å². The van der Waals surface area contributed by atoms with Crippen LogP contribution in [0.4, 0.5) is 16.2 Å². The van der Waals surface area contributed by atoms with Gasteiger partial charge >= 0.3 is 6.03 Å². The van der Waals surface area contributed by atoms with Crippen molar-refractivity contribution in [3.8, 4) is 5.75 Å². The summed E-state index contributed by atoms with van der Waals surface area (Å²) in [5.41, 5.74) is 2.42. The number of fused-ring (bicyclic) bond motifs is 1. The number of rotatable bonds is 3. The Bertz CT molecular complexity index is 843. The predicted octanol–water partition coefficient (Wildman–Crippen LogP) is 4.28. The summed E-state index contributed by atoms with van der Waals surface area (Å²) in [7, 11) is 3.34. The average Bonchev–Trinajstić information content (AvgIpc) is 2.93. The zero-order valence-electron chi connectivity index (χ0n) is 13.2. The molecule has 0 unspecified atom stereocenters. The number of anilines is 2. The Hall–Kier alpha value is -2.60. The van der Waals surface area contributed by atoms with E-state index in [-0.39, 0.29) is 6.03 Å². The number of hydrogen-bond donors (Lipinski definition) is 1. The lowest BCUT2D eigenvalue weighted by atomic mass is 10.3. The SMILES string of the molecule is COc1ccc(N(C)C(=O)Nc2ccc3sc(C)nc3c2)cc1. The van der Waals surface area contributed by atoms with E-state index in [9.17, 15) is 4.79 Å². The van der Waals surface area contributed by atoms with Gasteiger partial charge in [0.25, 0.3) is 0 Å². The number of ether oxygens (including phenoxy) is 1. The molecule has 0 bridgehead atoms. The van der Waals surface area contributed by atoms with E-state index in [1.807, 2.05) is 49.4 Å². The lowest BCUT2D eigenvalue weighted by Gasteiger charge is -2.18. The minimum atomic E-state index is -0.207. The highest BCUT2D eigenvalue weighted by Crippen LogP contribution is 2.25. The molecule has 1 aromatic heterocycles. The largest absolute Gasteiger partial charge is 0.497 e. The van der Waals surface area contributed by atoms with Crippen LogP contribution < -0.4 is 15.0 Å². The van der Waals surface area contributed by atoms with Crippen molar-refractivity contribution in [2.45, 2.75) is 6.92 Å². The molecule has 0 saturated heterocycles. The number of aromatic nitrogens is 1. The minimum absolute atomic E-state index is 0.207. The molecule has 0 radical (unpaired) electrons. The predicted molar refractivity (Wildman–Crippen MR) is 94.8 cm³/mol. The fourth-order valence-electron chi connectivity index (χ4n) is 2.25. The van der Waals surface area contributed by atoms with Crippen LogP contribution >= 0.6 is 11.3 Å². The Morgan fingerprint density at radius 3 is 2.65 bits per heavy atom. The quantitative estimate of drug-likeness (QED) is 0.781. The molecule has 23 heavy (non-hydrogen) atoms. The van der Waals surface area contributed by atoms with Crippen molar-refractivity contribution in [2.24, 2.45) is 0 Å². The van der Waals surface area contributed by atoms with Gasteiger partial charge in [-0.15, -0.1) is 11.3 Å². The number of nitrogens with one attached hydrogen (secondary N) is 1. The minimum Gasteiger partial charge on any atom is -0.497 e. The van der Waals surface area contributed by atoms with Gasteiger partial charge in [0.15, 0.2) is 0 Å². The molecule has 6 heteroatoms. The highest BCUT2D eigenvalue weighted by atomic mass is 32.1. The number of methoxy groups -OCH3 is 1. The topological polar surface area (TPSA) is 54.5 Å². The van der Waals surface area contributed by atoms with Crippen LogP contribution in [0.15, 0.2) is 42.5 Å². The summed E-state index contributed by atoms with van der Waals surface area (Å²) in [5, 5.41) is 3.90. The fourth-order valence-corrected chi connectivity index (χ4v) is 3.06. The molecule has 0 aliphatic carbocycles. The molecule has 0 spiro atoms. The zero-order valence-corrected chi connectivity index (χ0v) is 14.0. The summed E-state index contributed by atoms with van der Waals surface area (Å²) in [5.74, 6) is 0.756. The highest BCUT2D eigenvalue weighted by Gasteiger charge is 2.12. The van der Waals surface area contributed by atoms with E-state index < -0.39 is 0 Å². The lowest BCUT2D eigenvalue weighted by Crippen LogP contribution is -2.31. The van der Waals surface area contributed by atoms with E-state index in [1.54, 1.807) is 30.4 Å². The average molecular weight is 327 g/mol. The van der Waals surface area contributed by atoms with E-state index in [2.05, 4.69) is 10.3 Å². The Morgan fingerprint density at radius 1 is 1.22 bits per heavy atom. The highest BCUT2D eigenvalue weighted by molar-refractivity contribution is 7.18. The normalized spacial score (nSPS) is 10.6. The van der Waals surface area contributed by atoms with E-state index >= 15 is 0 Å². The molecule has 1 heterocycles. The van der Waals surface area contributed by atoms with Crippen molar-refractivity contribution in [3.05, 3.63) is 47.5 Å². The molecule has 5 nitrogen and oxygen atoms in total. The second-order valence-corrected chi connectivity index (χ2v) is 6.34. The van der Waals surface area contributed by atoms with Crippen LogP contribution in [-0.4, -0.2) is 25.2 Å². The van der Waals surface area contributed by atoms with E-state index in [0.29, 0.717) is 0 Å². The first-order valence-electron chi connectivity index (χ1n) is 7.13. The Kier molecular flexibility index (Phi) is 4.16. The Balaban J connectivity index is 1.75. The summed E-state index contributed by atoms with van der Waals surface area (Å²) in [6.07, 6.45) is 0. The number of urea groups is 1. The molecule has 1 N–H and O–H groups in total. The van der Waals surface area contributed by atoms with Crippen molar-refractivity contribution in [3.63, 3.8) is 0 Å². The lowest BCUT2D eigenvalue weighted by molar-refractivity contribution is 0.258. The first-order chi connectivity index (χ1) is 11.1. The van der Waals surface area contributed by atoms with Crippen LogP contribution in [0, 0.1) is 6.92 Å². The number of nitrogens with zero attached hydrogens (tertiary/aromatic N) is 2. The molecular weight excluding hydrogens is 310 g/mol. The van der Waals surface area contributed by atoms with Crippen molar-refractivity contribution in [1.82, 2.24) is 4.98 Å². The van der Waals surface area contributed by atoms with Gasteiger partial charge in [-0.25, -0.2) is 9.78 Å². The second kappa shape index (κ2) is 6.26. The van der Waals surface area contributed by atoms with E-state index in [0.717, 1.165) is 32.3 Å². The number of amides is 2. The fraction of sp³-hybridized carbons (Fsp3) is 0.176. The van der Waals surface area contributed by atoms with Gasteiger partial charge in [-0.3, -0.25) is 4.90 Å². The van der Waals surface area contributed by atoms with Gasteiger partial charge in [0.2, 0.25) is 0 Å². The zero-order chi connectivity index (χ0) is 16.4. The van der Waals surface area contributed by atoms with Gasteiger partial charge in [0, 0.05) is 18.4 Å². The molecule has 0 atom stereocenters. The molecular formula is C17H17N3O2S. The number of aryl methyl sites for hydroxylation is 1. The summed E-state index contributed by atoms with van der Waals surface area (Å²) < 4.78 is 6.24. The molecule has 0 fully saturated rings. The molecule has 3 rings (SSSR count). The van der Waals surface area contributed by atoms with Crippen molar-refractivity contribution >= 4 is 39.0 Å². The third-order valence-corrected chi connectivity index (χ3v) is 4.46. The molecule has 118 valence electrons. The second-order valence-electron chi connectivity index (χ2n) is 5.10. The molecule has 0 saturated carbocycles. The van der Waals surface area contributed by atoms with Crippen LogP contribution in [0.2, 0.25) is 0 Å². The molecule has 2 aromatic carbocycles. The van der Waals surface area contributed by atoms with Gasteiger partial charge in [0.05, 0.1) is 22.3 Å². The maximum Gasteiger partial charge on any atom is 0.326 e. The summed E-state index contributed by atoms with van der Waals surface area (Å²) in [6.45, 7) is 1.97. The van der Waals surface area contributed by atoms with Crippen LogP contribution in [0.3, 0.4) is 0 Å². The molecule has 3 aromatic rings. The van der Waals surface area contributed by atoms with Gasteiger partial charge in [-0.2, -0.15) is 0 Å². The number of carbonyl (C=O) groups is 1. The summed E-state index contributed by atoms with van der Waals surface area (Å²) in [4.78, 5) is 18.4. The Morgan fingerprint density at radius 2 is 1.96 bits per heavy atom. The van der Waals surface area contributed by atoms with Gasteiger partial charge in [-0.05, 0) is 49.4 Å². The molecule has 0 aliphatic heterocycles. The van der Waals surface area contributed by atoms with E-state index in [4.69, 9.17) is 4.74 Å². The smallest absolute Gasteiger partial charge is 0.326 e. The van der Waals surface area contributed by atoms with Crippen LogP contribution in [-0.2, 0) is 0 Å². The monoisotopic (exact) mass is 327 g/mol. The van der Waals surface area contributed by atoms with Gasteiger partial charge < -0.3 is 10.1 Å². The third kappa shape index (κ3) is 3.27. The first kappa shape index (κ1) is 15.3. The van der Waals surface area contributed by atoms with Crippen molar-refractivity contribution in [2.75, 3.05) is 24.4 Å². The van der Waals surface area contributed by atoms with Gasteiger partial charge in [0.1, 0.15) is 5.75 Å². The first-order valence-corrected chi connectivity index (χ1v) is 7.94. The third-order valence-electron chi connectivity index (χ3n) is 3.51. The summed E-state index contributed by atoms with van der Waals surface area (Å²) >= 11 is 1.64. The number of benzene rings is 2. The van der Waals surface area contributed by atoms with Crippen LogP contribution in [0.5, 0.6) is 5.75 Å². The Labute approximate surface area is 138 Å². The van der Waals surface area contributed by atoms with E-state index in [1.165, 1.54) is 0 Å². The summed E-state index contributed by atoms with van der Waals surface area (Å²) in [6, 6.07) is 12.9. The number of hydrogen-bond acceptors (Lipinski definition) is 4.